The van der Waals surface area contributed by atoms with Gasteiger partial charge in [-0.25, -0.2) is 0 Å². The van der Waals surface area contributed by atoms with Crippen molar-refractivity contribution < 1.29 is 32.8 Å². The zero-order valence-electron chi connectivity index (χ0n) is 29.6. The van der Waals surface area contributed by atoms with Crippen LogP contribution in [0.15, 0.2) is 97.1 Å². The predicted octanol–water partition coefficient (Wildman–Crippen LogP) is 6.92. The SMILES string of the molecule is COc1ccc(COC[C@@H]2CC=C[C@]3(CC[C@]4(O[C@H]5C[C@H](CO[Si](c6ccccc6)(c6ccccc6)C(C)(C)C)O[C@H]5C[C@@H]4C)O3)O2)cc1. The van der Waals surface area contributed by atoms with E-state index in [0.717, 1.165) is 43.4 Å². The van der Waals surface area contributed by atoms with Crippen molar-refractivity contribution in [2.24, 2.45) is 5.92 Å². The Morgan fingerprint density at radius 1 is 0.796 bits per heavy atom. The number of hydrogen-bond donors (Lipinski definition) is 0. The monoisotopic (exact) mass is 684 g/mol. The Balaban J connectivity index is 0.991. The molecule has 0 unspecified atom stereocenters. The number of ether oxygens (including phenoxy) is 6. The third kappa shape index (κ3) is 6.94. The van der Waals surface area contributed by atoms with E-state index >= 15 is 0 Å². The van der Waals surface area contributed by atoms with Crippen molar-refractivity contribution in [3.05, 3.63) is 103 Å². The lowest BCUT2D eigenvalue weighted by molar-refractivity contribution is -0.359. The highest BCUT2D eigenvalue weighted by Crippen LogP contribution is 2.52. The number of methoxy groups -OCH3 is 1. The van der Waals surface area contributed by atoms with Crippen LogP contribution in [0.4, 0.5) is 0 Å². The van der Waals surface area contributed by atoms with E-state index in [1.165, 1.54) is 10.4 Å². The van der Waals surface area contributed by atoms with Crippen LogP contribution < -0.4 is 15.1 Å². The third-order valence-corrected chi connectivity index (χ3v) is 15.9. The normalized spacial score (nSPS) is 31.3. The van der Waals surface area contributed by atoms with E-state index in [1.54, 1.807) is 7.11 Å². The van der Waals surface area contributed by atoms with E-state index in [9.17, 15) is 0 Å². The van der Waals surface area contributed by atoms with Gasteiger partial charge in [-0.1, -0.05) is 107 Å². The highest BCUT2D eigenvalue weighted by atomic mass is 28.4. The van der Waals surface area contributed by atoms with Gasteiger partial charge in [-0.2, -0.15) is 0 Å². The second kappa shape index (κ2) is 14.1. The summed E-state index contributed by atoms with van der Waals surface area (Å²) in [5.41, 5.74) is 1.10. The highest BCUT2D eigenvalue weighted by molar-refractivity contribution is 6.99. The molecule has 8 heteroatoms. The molecule has 0 radical (unpaired) electrons. The van der Waals surface area contributed by atoms with Gasteiger partial charge in [0.25, 0.3) is 8.32 Å². The predicted molar refractivity (Wildman–Crippen MR) is 193 cm³/mol. The molecule has 0 aliphatic carbocycles. The van der Waals surface area contributed by atoms with Gasteiger partial charge in [-0.3, -0.25) is 0 Å². The van der Waals surface area contributed by atoms with Crippen LogP contribution in [0.25, 0.3) is 0 Å². The minimum atomic E-state index is -2.66. The topological polar surface area (TPSA) is 64.6 Å². The summed E-state index contributed by atoms with van der Waals surface area (Å²) in [7, 11) is -0.989. The van der Waals surface area contributed by atoms with Crippen LogP contribution >= 0.6 is 0 Å². The quantitative estimate of drug-likeness (QED) is 0.170. The van der Waals surface area contributed by atoms with Crippen molar-refractivity contribution in [3.63, 3.8) is 0 Å². The van der Waals surface area contributed by atoms with E-state index < -0.39 is 19.9 Å². The fourth-order valence-corrected chi connectivity index (χ4v) is 13.0. The van der Waals surface area contributed by atoms with Crippen LogP contribution in [0, 0.1) is 5.92 Å². The number of fused-ring (bicyclic) bond motifs is 1. The van der Waals surface area contributed by atoms with Gasteiger partial charge in [0.15, 0.2) is 11.6 Å². The van der Waals surface area contributed by atoms with E-state index in [1.807, 2.05) is 24.3 Å². The Morgan fingerprint density at radius 2 is 1.49 bits per heavy atom. The molecular formula is C41H52O7Si. The van der Waals surface area contributed by atoms with Crippen LogP contribution in [0.3, 0.4) is 0 Å². The summed E-state index contributed by atoms with van der Waals surface area (Å²) in [5, 5.41) is 2.47. The molecule has 0 bridgehead atoms. The number of hydrogen-bond acceptors (Lipinski definition) is 7. The summed E-state index contributed by atoms with van der Waals surface area (Å²) < 4.78 is 45.8. The van der Waals surface area contributed by atoms with Gasteiger partial charge in [0.1, 0.15) is 5.75 Å². The molecule has 0 amide bonds. The Labute approximate surface area is 293 Å². The molecule has 2 spiro atoms. The number of benzene rings is 3. The van der Waals surface area contributed by atoms with Crippen LogP contribution in [0.5, 0.6) is 5.75 Å². The maximum Gasteiger partial charge on any atom is 0.261 e. The minimum Gasteiger partial charge on any atom is -0.497 e. The van der Waals surface area contributed by atoms with Crippen molar-refractivity contribution >= 4 is 18.7 Å². The Kier molecular flexibility index (Phi) is 9.94. The minimum absolute atomic E-state index is 0.0236. The zero-order chi connectivity index (χ0) is 34.1. The van der Waals surface area contributed by atoms with Gasteiger partial charge >= 0.3 is 0 Å². The molecule has 0 saturated carbocycles. The molecule has 7 nitrogen and oxygen atoms in total. The first-order valence-electron chi connectivity index (χ1n) is 18.0. The van der Waals surface area contributed by atoms with E-state index in [0.29, 0.717) is 19.8 Å². The van der Waals surface area contributed by atoms with Gasteiger partial charge in [0, 0.05) is 25.2 Å². The van der Waals surface area contributed by atoms with Gasteiger partial charge in [0.05, 0.1) is 51.3 Å². The Morgan fingerprint density at radius 3 is 2.14 bits per heavy atom. The lowest BCUT2D eigenvalue weighted by Gasteiger charge is -2.45. The van der Waals surface area contributed by atoms with Gasteiger partial charge in [-0.15, -0.1) is 0 Å². The molecule has 3 fully saturated rings. The highest BCUT2D eigenvalue weighted by Gasteiger charge is 2.60. The molecule has 7 atom stereocenters. The molecule has 262 valence electrons. The molecule has 7 rings (SSSR count). The Bertz CT molecular complexity index is 1520. The molecule has 4 aliphatic heterocycles. The van der Waals surface area contributed by atoms with Crippen LogP contribution in [0.2, 0.25) is 5.04 Å². The smallest absolute Gasteiger partial charge is 0.261 e. The lowest BCUT2D eigenvalue weighted by atomic mass is 9.86. The summed E-state index contributed by atoms with van der Waals surface area (Å²) in [6.07, 6.45) is 8.11. The van der Waals surface area contributed by atoms with Crippen molar-refractivity contribution in [2.45, 2.75) is 107 Å². The van der Waals surface area contributed by atoms with E-state index in [4.69, 9.17) is 32.8 Å². The average molecular weight is 685 g/mol. The molecule has 3 aromatic rings. The first-order valence-corrected chi connectivity index (χ1v) is 19.9. The summed E-state index contributed by atoms with van der Waals surface area (Å²) in [6, 6.07) is 29.6. The van der Waals surface area contributed by atoms with Gasteiger partial charge < -0.3 is 32.8 Å². The maximum absolute atomic E-state index is 7.25. The Hall–Kier alpha value is -2.82. The summed E-state index contributed by atoms with van der Waals surface area (Å²) in [6.45, 7) is 10.7. The van der Waals surface area contributed by atoms with Crippen molar-refractivity contribution in [1.29, 1.82) is 0 Å². The number of rotatable bonds is 10. The van der Waals surface area contributed by atoms with Crippen LogP contribution in [-0.4, -0.2) is 64.6 Å². The molecule has 3 saturated heterocycles. The van der Waals surface area contributed by atoms with E-state index in [2.05, 4.69) is 101 Å². The first kappa shape index (κ1) is 34.6. The molecule has 4 heterocycles. The molecule has 0 N–H and O–H groups in total. The van der Waals surface area contributed by atoms with Crippen molar-refractivity contribution in [3.8, 4) is 5.75 Å². The van der Waals surface area contributed by atoms with Gasteiger partial charge in [0.2, 0.25) is 0 Å². The maximum atomic E-state index is 7.25. The fourth-order valence-electron chi connectivity index (χ4n) is 8.39. The molecule has 49 heavy (non-hydrogen) atoms. The van der Waals surface area contributed by atoms with Crippen molar-refractivity contribution in [1.82, 2.24) is 0 Å². The average Bonchev–Trinajstić information content (AvgIpc) is 3.66. The van der Waals surface area contributed by atoms with Crippen LogP contribution in [0.1, 0.15) is 65.4 Å². The fraction of sp³-hybridized carbons (Fsp3) is 0.512. The zero-order valence-corrected chi connectivity index (χ0v) is 30.6. The summed E-state index contributed by atoms with van der Waals surface area (Å²) >= 11 is 0. The molecule has 3 aromatic carbocycles. The molecular weight excluding hydrogens is 633 g/mol. The first-order chi connectivity index (χ1) is 23.6. The standard InChI is InChI=1S/C41H52O7Si/c1-30-25-37-38(26-34(45-37)29-44-49(39(2,3)4,35-14-8-6-9-15-35)36-16-10-7-11-17-36)47-41(30)24-23-40(48-41)22-12-13-33(46-40)28-43-27-31-18-20-32(42-5)21-19-31/h6-12,14-22,30,33-34,37-38H,13,23-29H2,1-5H3/t30-,33-,34+,37-,38-,40-,41-/m0/s1. The van der Waals surface area contributed by atoms with E-state index in [-0.39, 0.29) is 35.4 Å². The van der Waals surface area contributed by atoms with Crippen LogP contribution in [-0.2, 0) is 34.7 Å². The molecule has 0 aromatic heterocycles. The second-order valence-electron chi connectivity index (χ2n) is 15.3. The lowest BCUT2D eigenvalue weighted by Crippen LogP contribution is -2.67. The second-order valence-corrected chi connectivity index (χ2v) is 19.6. The van der Waals surface area contributed by atoms with Crippen molar-refractivity contribution in [2.75, 3.05) is 20.3 Å². The van der Waals surface area contributed by atoms with Gasteiger partial charge in [-0.05, 0) is 52.0 Å². The largest absolute Gasteiger partial charge is 0.497 e. The third-order valence-electron chi connectivity index (χ3n) is 10.9. The molecule has 4 aliphatic rings. The summed E-state index contributed by atoms with van der Waals surface area (Å²) in [5.74, 6) is -0.492. The summed E-state index contributed by atoms with van der Waals surface area (Å²) in [4.78, 5) is 0.